The zero-order valence-electron chi connectivity index (χ0n) is 17.3. The van der Waals surface area contributed by atoms with Crippen molar-refractivity contribution in [3.8, 4) is 6.07 Å². The molecule has 1 atom stereocenters. The molecular formula is C24H18ClN5O2. The average molecular weight is 444 g/mol. The number of rotatable bonds is 2. The Morgan fingerprint density at radius 2 is 1.75 bits per heavy atom. The topological polar surface area (TPSA) is 95.6 Å². The summed E-state index contributed by atoms with van der Waals surface area (Å²) in [7, 11) is 3.05. The molecule has 1 unspecified atom stereocenters. The normalized spacial score (nSPS) is 15.4. The van der Waals surface area contributed by atoms with Crippen LogP contribution in [0.2, 0.25) is 5.02 Å². The van der Waals surface area contributed by atoms with Crippen molar-refractivity contribution < 1.29 is 0 Å². The van der Waals surface area contributed by atoms with Gasteiger partial charge in [0.15, 0.2) is 0 Å². The van der Waals surface area contributed by atoms with Gasteiger partial charge in [-0.05, 0) is 23.8 Å². The molecule has 0 aliphatic carbocycles. The van der Waals surface area contributed by atoms with E-state index in [0.29, 0.717) is 27.7 Å². The lowest BCUT2D eigenvalue weighted by Gasteiger charge is -2.30. The van der Waals surface area contributed by atoms with Crippen LogP contribution in [0.5, 0.6) is 0 Å². The third kappa shape index (κ3) is 2.81. The molecular weight excluding hydrogens is 426 g/mol. The van der Waals surface area contributed by atoms with Crippen molar-refractivity contribution in [3.05, 3.63) is 103 Å². The highest BCUT2D eigenvalue weighted by Crippen LogP contribution is 2.43. The van der Waals surface area contributed by atoms with Crippen LogP contribution >= 0.6 is 11.6 Å². The highest BCUT2D eigenvalue weighted by atomic mass is 35.5. The molecule has 0 radical (unpaired) electrons. The maximum atomic E-state index is 13.2. The molecule has 2 N–H and O–H groups in total. The first-order valence-corrected chi connectivity index (χ1v) is 10.3. The number of hydrogen-bond acceptors (Lipinski definition) is 4. The van der Waals surface area contributed by atoms with Gasteiger partial charge in [-0.2, -0.15) is 5.26 Å². The van der Waals surface area contributed by atoms with Gasteiger partial charge in [0, 0.05) is 41.8 Å². The molecule has 158 valence electrons. The van der Waals surface area contributed by atoms with E-state index >= 15 is 0 Å². The highest BCUT2D eigenvalue weighted by Gasteiger charge is 2.35. The third-order valence-electron chi connectivity index (χ3n) is 5.97. The Hall–Kier alpha value is -4.02. The SMILES string of the molecule is Cn1c2c(c(=O)n(C)c1=O)C(c1ccc(Cl)cc1)C(C#N)=C(c1c[nH]c3ccccc13)N2. The van der Waals surface area contributed by atoms with Gasteiger partial charge in [-0.3, -0.25) is 13.9 Å². The number of halogens is 1. The van der Waals surface area contributed by atoms with E-state index in [1.54, 1.807) is 31.3 Å². The molecule has 0 spiro atoms. The van der Waals surface area contributed by atoms with Crippen LogP contribution < -0.4 is 16.6 Å². The van der Waals surface area contributed by atoms with Gasteiger partial charge in [0.25, 0.3) is 5.56 Å². The molecule has 0 saturated carbocycles. The molecule has 0 bridgehead atoms. The van der Waals surface area contributed by atoms with E-state index in [-0.39, 0.29) is 0 Å². The van der Waals surface area contributed by atoms with E-state index in [1.807, 2.05) is 30.5 Å². The number of nitriles is 1. The maximum absolute atomic E-state index is 13.2. The Morgan fingerprint density at radius 1 is 1.03 bits per heavy atom. The molecule has 32 heavy (non-hydrogen) atoms. The summed E-state index contributed by atoms with van der Waals surface area (Å²) in [5.74, 6) is -0.292. The Balaban J connectivity index is 1.89. The number of benzene rings is 2. The second kappa shape index (κ2) is 7.29. The molecule has 5 rings (SSSR count). The van der Waals surface area contributed by atoms with Crippen LogP contribution in [-0.4, -0.2) is 14.1 Å². The number of nitrogens with zero attached hydrogens (tertiary/aromatic N) is 3. The first-order valence-electron chi connectivity index (χ1n) is 9.95. The summed E-state index contributed by atoms with van der Waals surface area (Å²) in [5, 5.41) is 15.0. The van der Waals surface area contributed by atoms with Gasteiger partial charge in [0.1, 0.15) is 5.82 Å². The Labute approximate surface area is 187 Å². The molecule has 0 fully saturated rings. The Bertz CT molecular complexity index is 1580. The van der Waals surface area contributed by atoms with Gasteiger partial charge < -0.3 is 10.3 Å². The summed E-state index contributed by atoms with van der Waals surface area (Å²) in [6.07, 6.45) is 1.83. The zero-order valence-corrected chi connectivity index (χ0v) is 18.1. The number of H-pyrrole nitrogens is 1. The van der Waals surface area contributed by atoms with E-state index in [4.69, 9.17) is 11.6 Å². The lowest BCUT2D eigenvalue weighted by molar-refractivity contribution is 0.669. The standard InChI is InChI=1S/C24H18ClN5O2/c1-29-22-20(23(31)30(2)24(29)32)19(13-7-9-14(25)10-8-13)16(11-26)21(28-22)17-12-27-18-6-4-3-5-15(17)18/h3-10,12,19,27-28H,1-2H3. The average Bonchev–Trinajstić information content (AvgIpc) is 3.24. The summed E-state index contributed by atoms with van der Waals surface area (Å²) < 4.78 is 2.47. The van der Waals surface area contributed by atoms with Crippen LogP contribution in [0, 0.1) is 11.3 Å². The van der Waals surface area contributed by atoms with Crippen LogP contribution in [-0.2, 0) is 14.1 Å². The number of nitrogens with one attached hydrogen (secondary N) is 2. The minimum absolute atomic E-state index is 0.345. The molecule has 0 amide bonds. The van der Waals surface area contributed by atoms with Gasteiger partial charge in [0.05, 0.1) is 28.8 Å². The van der Waals surface area contributed by atoms with Crippen LogP contribution in [0.3, 0.4) is 0 Å². The molecule has 4 aromatic rings. The minimum Gasteiger partial charge on any atom is -0.360 e. The van der Waals surface area contributed by atoms with E-state index in [0.717, 1.165) is 26.6 Å². The summed E-state index contributed by atoms with van der Waals surface area (Å²) in [6.45, 7) is 0. The predicted molar refractivity (Wildman–Crippen MR) is 125 cm³/mol. The number of aromatic nitrogens is 3. The summed E-state index contributed by atoms with van der Waals surface area (Å²) in [4.78, 5) is 29.2. The summed E-state index contributed by atoms with van der Waals surface area (Å²) >= 11 is 6.09. The molecule has 3 heterocycles. The van der Waals surface area contributed by atoms with Crippen LogP contribution in [0.1, 0.15) is 22.6 Å². The summed E-state index contributed by atoms with van der Waals surface area (Å²) in [5.41, 5.74) is 2.84. The van der Waals surface area contributed by atoms with E-state index in [2.05, 4.69) is 16.4 Å². The van der Waals surface area contributed by atoms with Crippen molar-refractivity contribution in [2.24, 2.45) is 14.1 Å². The smallest absolute Gasteiger partial charge is 0.332 e. The minimum atomic E-state index is -0.664. The molecule has 0 saturated heterocycles. The number of fused-ring (bicyclic) bond motifs is 2. The highest BCUT2D eigenvalue weighted by molar-refractivity contribution is 6.30. The van der Waals surface area contributed by atoms with Gasteiger partial charge in [-0.15, -0.1) is 0 Å². The number of aromatic amines is 1. The number of anilines is 1. The molecule has 1 aliphatic heterocycles. The largest absolute Gasteiger partial charge is 0.360 e. The second-order valence-electron chi connectivity index (χ2n) is 7.73. The predicted octanol–water partition coefficient (Wildman–Crippen LogP) is 3.71. The van der Waals surface area contributed by atoms with E-state index in [9.17, 15) is 14.9 Å². The fourth-order valence-corrected chi connectivity index (χ4v) is 4.48. The molecule has 2 aromatic carbocycles. The number of hydrogen-bond donors (Lipinski definition) is 2. The molecule has 2 aromatic heterocycles. The number of para-hydroxylation sites is 1. The Morgan fingerprint density at radius 3 is 2.47 bits per heavy atom. The van der Waals surface area contributed by atoms with Gasteiger partial charge in [-0.25, -0.2) is 4.79 Å². The lowest BCUT2D eigenvalue weighted by atomic mass is 9.81. The molecule has 1 aliphatic rings. The zero-order chi connectivity index (χ0) is 22.6. The molecule has 8 heteroatoms. The van der Waals surface area contributed by atoms with E-state index < -0.39 is 17.2 Å². The van der Waals surface area contributed by atoms with Crippen LogP contribution in [0.4, 0.5) is 5.82 Å². The van der Waals surface area contributed by atoms with Crippen molar-refractivity contribution in [3.63, 3.8) is 0 Å². The van der Waals surface area contributed by atoms with Crippen molar-refractivity contribution in [2.45, 2.75) is 5.92 Å². The van der Waals surface area contributed by atoms with Gasteiger partial charge in [0.2, 0.25) is 0 Å². The van der Waals surface area contributed by atoms with Gasteiger partial charge in [-0.1, -0.05) is 41.9 Å². The van der Waals surface area contributed by atoms with E-state index in [1.165, 1.54) is 11.6 Å². The van der Waals surface area contributed by atoms with Crippen molar-refractivity contribution in [1.82, 2.24) is 14.1 Å². The fraction of sp³-hybridized carbons (Fsp3) is 0.125. The van der Waals surface area contributed by atoms with Crippen LogP contribution in [0.15, 0.2) is 69.9 Å². The Kier molecular flexibility index (Phi) is 4.54. The van der Waals surface area contributed by atoms with Crippen LogP contribution in [0.25, 0.3) is 16.6 Å². The quantitative estimate of drug-likeness (QED) is 0.493. The lowest BCUT2D eigenvalue weighted by Crippen LogP contribution is -2.42. The maximum Gasteiger partial charge on any atom is 0.332 e. The first kappa shape index (κ1) is 19.9. The second-order valence-corrected chi connectivity index (χ2v) is 8.16. The monoisotopic (exact) mass is 443 g/mol. The van der Waals surface area contributed by atoms with Crippen molar-refractivity contribution >= 4 is 34.0 Å². The first-order chi connectivity index (χ1) is 15.4. The van der Waals surface area contributed by atoms with Crippen molar-refractivity contribution in [2.75, 3.05) is 5.32 Å². The van der Waals surface area contributed by atoms with Crippen molar-refractivity contribution in [1.29, 1.82) is 5.26 Å². The van der Waals surface area contributed by atoms with Gasteiger partial charge >= 0.3 is 5.69 Å². The fourth-order valence-electron chi connectivity index (χ4n) is 4.36. The third-order valence-corrected chi connectivity index (χ3v) is 6.22. The summed E-state index contributed by atoms with van der Waals surface area (Å²) in [6, 6.07) is 17.1. The molecule has 7 nitrogen and oxygen atoms in total. The number of allylic oxidation sites excluding steroid dienone is 1.